The van der Waals surface area contributed by atoms with Crippen molar-refractivity contribution in [3.63, 3.8) is 0 Å². The number of halogens is 4. The molecule has 0 fully saturated rings. The molecule has 1 aromatic rings. The summed E-state index contributed by atoms with van der Waals surface area (Å²) in [6, 6.07) is 5.04. The summed E-state index contributed by atoms with van der Waals surface area (Å²) in [5, 5.41) is 0.323. The summed E-state index contributed by atoms with van der Waals surface area (Å²) < 4.78 is 57.3. The minimum Gasteiger partial charge on any atom is -0.208 e. The summed E-state index contributed by atoms with van der Waals surface area (Å²) in [7, 11) is -5.44. The summed E-state index contributed by atoms with van der Waals surface area (Å²) in [6.07, 6.45) is 0. The normalized spacial score (nSPS) is 12.8. The topological polar surface area (TPSA) is 34.1 Å². The van der Waals surface area contributed by atoms with Crippen molar-refractivity contribution < 1.29 is 21.6 Å². The van der Waals surface area contributed by atoms with Gasteiger partial charge < -0.3 is 0 Å². The third-order valence-electron chi connectivity index (χ3n) is 1.30. The molecule has 84 valence electrons. The maximum absolute atomic E-state index is 12.0. The molecule has 0 aliphatic heterocycles. The van der Waals surface area contributed by atoms with Gasteiger partial charge in [-0.3, -0.25) is 0 Å². The average molecular weight is 277 g/mol. The van der Waals surface area contributed by atoms with E-state index in [1.54, 1.807) is 0 Å². The van der Waals surface area contributed by atoms with Gasteiger partial charge >= 0.3 is 14.4 Å². The molecule has 2 nitrogen and oxygen atoms in total. The Balaban J connectivity index is 2.93. The third-order valence-corrected chi connectivity index (χ3v) is 4.61. The molecule has 1 rings (SSSR count). The summed E-state index contributed by atoms with van der Waals surface area (Å²) >= 11 is 5.49. The average Bonchev–Trinajstić information content (AvgIpc) is 2.06. The van der Waals surface area contributed by atoms with Crippen LogP contribution in [0.1, 0.15) is 0 Å². The predicted molar refractivity (Wildman–Crippen MR) is 52.3 cm³/mol. The Kier molecular flexibility index (Phi) is 3.57. The molecule has 0 N–H and O–H groups in total. The van der Waals surface area contributed by atoms with Crippen LogP contribution < -0.4 is 0 Å². The van der Waals surface area contributed by atoms with Crippen LogP contribution in [-0.4, -0.2) is 13.9 Å². The van der Waals surface area contributed by atoms with E-state index in [9.17, 15) is 21.6 Å². The van der Waals surface area contributed by atoms with Crippen LogP contribution in [0.15, 0.2) is 29.2 Å². The first-order valence-corrected chi connectivity index (χ1v) is 6.68. The van der Waals surface area contributed by atoms with Gasteiger partial charge in [-0.05, 0) is 24.3 Å². The highest BCUT2D eigenvalue weighted by Gasteiger charge is 2.46. The second kappa shape index (κ2) is 4.23. The van der Waals surface area contributed by atoms with Gasteiger partial charge in [0, 0.05) is 20.7 Å². The third kappa shape index (κ3) is 3.29. The van der Waals surface area contributed by atoms with E-state index in [0.29, 0.717) is 5.02 Å². The number of rotatable bonds is 2. The fourth-order valence-corrected chi connectivity index (χ4v) is 2.76. The number of benzene rings is 1. The molecule has 0 amide bonds. The molecule has 0 heterocycles. The van der Waals surface area contributed by atoms with Gasteiger partial charge in [-0.1, -0.05) is 11.6 Å². The van der Waals surface area contributed by atoms with Crippen molar-refractivity contribution in [2.24, 2.45) is 0 Å². The highest BCUT2D eigenvalue weighted by atomic mass is 35.5. The largest absolute Gasteiger partial charge is 0.507 e. The van der Waals surface area contributed by atoms with Crippen LogP contribution in [0.5, 0.6) is 0 Å². The molecule has 0 radical (unpaired) electrons. The van der Waals surface area contributed by atoms with Crippen molar-refractivity contribution in [3.8, 4) is 0 Å². The molecule has 0 aliphatic rings. The van der Waals surface area contributed by atoms with E-state index in [1.165, 1.54) is 24.3 Å². The SMILES string of the molecule is O=S(=O)(Sc1ccc(Cl)cc1)C(F)(F)F. The van der Waals surface area contributed by atoms with Crippen molar-refractivity contribution in [1.82, 2.24) is 0 Å². The molecule has 0 saturated heterocycles. The Labute approximate surface area is 92.7 Å². The van der Waals surface area contributed by atoms with E-state index >= 15 is 0 Å². The predicted octanol–water partition coefficient (Wildman–Crippen LogP) is 3.28. The second-order valence-electron chi connectivity index (χ2n) is 2.44. The first-order chi connectivity index (χ1) is 6.72. The highest BCUT2D eigenvalue weighted by Crippen LogP contribution is 2.37. The molecular formula is C7H4ClF3O2S2. The van der Waals surface area contributed by atoms with Gasteiger partial charge in [-0.2, -0.15) is 13.2 Å². The van der Waals surface area contributed by atoms with Crippen LogP contribution in [0.4, 0.5) is 13.2 Å². The lowest BCUT2D eigenvalue weighted by Crippen LogP contribution is -2.19. The van der Waals surface area contributed by atoms with Crippen LogP contribution in [0, 0.1) is 0 Å². The first-order valence-electron chi connectivity index (χ1n) is 3.49. The highest BCUT2D eigenvalue weighted by molar-refractivity contribution is 8.72. The van der Waals surface area contributed by atoms with Gasteiger partial charge in [0.05, 0.1) is 0 Å². The van der Waals surface area contributed by atoms with Gasteiger partial charge in [0.2, 0.25) is 0 Å². The molecule has 0 saturated carbocycles. The molecule has 0 unspecified atom stereocenters. The molecule has 0 aromatic heterocycles. The fraction of sp³-hybridized carbons (Fsp3) is 0.143. The van der Waals surface area contributed by atoms with E-state index in [2.05, 4.69) is 0 Å². The molecule has 0 aliphatic carbocycles. The van der Waals surface area contributed by atoms with Crippen molar-refractivity contribution in [1.29, 1.82) is 0 Å². The Morgan fingerprint density at radius 3 is 2.00 bits per heavy atom. The van der Waals surface area contributed by atoms with E-state index in [-0.39, 0.29) is 15.7 Å². The molecule has 0 atom stereocenters. The van der Waals surface area contributed by atoms with Crippen LogP contribution in [0.3, 0.4) is 0 Å². The van der Waals surface area contributed by atoms with Crippen molar-refractivity contribution in [2.45, 2.75) is 10.4 Å². The second-order valence-corrected chi connectivity index (χ2v) is 6.70. The summed E-state index contributed by atoms with van der Waals surface area (Å²) in [6.45, 7) is 0. The van der Waals surface area contributed by atoms with E-state index in [0.717, 1.165) is 0 Å². The minimum absolute atomic E-state index is 0.0308. The van der Waals surface area contributed by atoms with Crippen molar-refractivity contribution in [2.75, 3.05) is 0 Å². The van der Waals surface area contributed by atoms with Crippen LogP contribution >= 0.6 is 22.4 Å². The Morgan fingerprint density at radius 1 is 1.13 bits per heavy atom. The van der Waals surface area contributed by atoms with E-state index in [4.69, 9.17) is 11.6 Å². The quantitative estimate of drug-likeness (QED) is 0.778. The molecule has 1 aromatic carbocycles. The summed E-state index contributed by atoms with van der Waals surface area (Å²) in [5.41, 5.74) is -5.25. The van der Waals surface area contributed by atoms with Crippen LogP contribution in [0.25, 0.3) is 0 Å². The molecule has 15 heavy (non-hydrogen) atoms. The van der Waals surface area contributed by atoms with Gasteiger partial charge in [-0.15, -0.1) is 0 Å². The fourth-order valence-electron chi connectivity index (χ4n) is 0.664. The van der Waals surface area contributed by atoms with E-state index in [1.807, 2.05) is 0 Å². The zero-order chi connectivity index (χ0) is 11.7. The van der Waals surface area contributed by atoms with Crippen molar-refractivity contribution in [3.05, 3.63) is 29.3 Å². The molecule has 0 bridgehead atoms. The monoisotopic (exact) mass is 276 g/mol. The number of hydrogen-bond acceptors (Lipinski definition) is 3. The van der Waals surface area contributed by atoms with Crippen LogP contribution in [0.2, 0.25) is 5.02 Å². The number of hydrogen-bond donors (Lipinski definition) is 0. The Bertz CT molecular complexity index is 438. The standard InChI is InChI=1S/C7H4ClF3O2S2/c8-5-1-3-6(4-2-5)14-15(12,13)7(9,10)11/h1-4H. The summed E-state index contributed by atoms with van der Waals surface area (Å²) in [4.78, 5) is -0.0308. The lowest BCUT2D eigenvalue weighted by molar-refractivity contribution is -0.0410. The maximum Gasteiger partial charge on any atom is 0.507 e. The zero-order valence-corrected chi connectivity index (χ0v) is 9.34. The van der Waals surface area contributed by atoms with Gasteiger partial charge in [0.15, 0.2) is 0 Å². The minimum atomic E-state index is -5.25. The first kappa shape index (κ1) is 12.7. The molecular weight excluding hydrogens is 273 g/mol. The van der Waals surface area contributed by atoms with Gasteiger partial charge in [-0.25, -0.2) is 8.42 Å². The van der Waals surface area contributed by atoms with E-state index < -0.39 is 14.4 Å². The Morgan fingerprint density at radius 2 is 1.60 bits per heavy atom. The smallest absolute Gasteiger partial charge is 0.208 e. The maximum atomic E-state index is 12.0. The zero-order valence-electron chi connectivity index (χ0n) is 6.95. The van der Waals surface area contributed by atoms with Gasteiger partial charge in [0.25, 0.3) is 0 Å². The molecule has 0 spiro atoms. The van der Waals surface area contributed by atoms with Crippen LogP contribution in [-0.2, 0) is 8.87 Å². The number of alkyl halides is 3. The summed E-state index contributed by atoms with van der Waals surface area (Å²) in [5.74, 6) is 0. The lowest BCUT2D eigenvalue weighted by Gasteiger charge is -2.06. The lowest BCUT2D eigenvalue weighted by atomic mass is 10.4. The molecule has 8 heteroatoms. The Hall–Kier alpha value is -0.400. The van der Waals surface area contributed by atoms with Crippen molar-refractivity contribution >= 4 is 31.3 Å². The van der Waals surface area contributed by atoms with Gasteiger partial charge in [0.1, 0.15) is 0 Å².